The number of aromatic nitrogens is 1. The summed E-state index contributed by atoms with van der Waals surface area (Å²) in [7, 11) is 0. The van der Waals surface area contributed by atoms with Gasteiger partial charge < -0.3 is 14.8 Å². The number of carbonyl (C=O) groups is 2. The lowest BCUT2D eigenvalue weighted by atomic mass is 9.92. The summed E-state index contributed by atoms with van der Waals surface area (Å²) in [5.41, 5.74) is 0.838. The molecule has 2 aromatic rings. The lowest BCUT2D eigenvalue weighted by Gasteiger charge is -2.45. The number of amides is 2. The first-order valence-electron chi connectivity index (χ1n) is 11.6. The van der Waals surface area contributed by atoms with Gasteiger partial charge >= 0.3 is 0 Å². The Morgan fingerprint density at radius 1 is 1.17 bits per heavy atom. The summed E-state index contributed by atoms with van der Waals surface area (Å²) in [6, 6.07) is 10.3. The molecule has 30 heavy (non-hydrogen) atoms. The zero-order chi connectivity index (χ0) is 21.3. The van der Waals surface area contributed by atoms with Crippen molar-refractivity contribution in [1.82, 2.24) is 14.8 Å². The maximum Gasteiger partial charge on any atom is 0.271 e. The summed E-state index contributed by atoms with van der Waals surface area (Å²) < 4.78 is 2.05. The van der Waals surface area contributed by atoms with Crippen LogP contribution in [0.1, 0.15) is 76.2 Å². The number of hydrogen-bond donors (Lipinski definition) is 1. The van der Waals surface area contributed by atoms with Crippen molar-refractivity contribution in [2.24, 2.45) is 5.92 Å². The highest BCUT2D eigenvalue weighted by molar-refractivity contribution is 6.03. The van der Waals surface area contributed by atoms with E-state index in [1.165, 1.54) is 25.7 Å². The van der Waals surface area contributed by atoms with Gasteiger partial charge in [-0.15, -0.1) is 0 Å². The van der Waals surface area contributed by atoms with Gasteiger partial charge in [-0.2, -0.15) is 0 Å². The molecule has 2 amide bonds. The fourth-order valence-electron chi connectivity index (χ4n) is 5.01. The normalized spacial score (nSPS) is 22.9. The standard InChI is InChI=1S/C25H35N3O2/c1-18(2)14-15-28-23(29)22-16-19-10-8-9-13-21(19)27(22)17-25(28,3)24(30)26-20-11-6-4-5-7-12-20/h8-10,13,16,18,20H,4-7,11-12,14-15,17H2,1-3H3,(H,26,30)/t25-/m1/s1. The van der Waals surface area contributed by atoms with E-state index in [0.717, 1.165) is 30.2 Å². The molecule has 1 aliphatic heterocycles. The average molecular weight is 410 g/mol. The highest BCUT2D eigenvalue weighted by Gasteiger charge is 2.47. The second-order valence-corrected chi connectivity index (χ2v) is 9.75. The summed E-state index contributed by atoms with van der Waals surface area (Å²) in [4.78, 5) is 29.1. The van der Waals surface area contributed by atoms with Gasteiger partial charge in [0.25, 0.3) is 5.91 Å². The van der Waals surface area contributed by atoms with Crippen molar-refractivity contribution in [1.29, 1.82) is 0 Å². The van der Waals surface area contributed by atoms with Crippen LogP contribution in [0.5, 0.6) is 0 Å². The number of hydrogen-bond acceptors (Lipinski definition) is 2. The molecular weight excluding hydrogens is 374 g/mol. The minimum absolute atomic E-state index is 0.00469. The van der Waals surface area contributed by atoms with Gasteiger partial charge in [-0.05, 0) is 44.2 Å². The fourth-order valence-corrected chi connectivity index (χ4v) is 5.01. The highest BCUT2D eigenvalue weighted by atomic mass is 16.2. The molecule has 0 spiro atoms. The van der Waals surface area contributed by atoms with Crippen molar-refractivity contribution in [3.8, 4) is 0 Å². The van der Waals surface area contributed by atoms with E-state index in [1.54, 1.807) is 0 Å². The van der Waals surface area contributed by atoms with Crippen molar-refractivity contribution in [3.63, 3.8) is 0 Å². The van der Waals surface area contributed by atoms with Gasteiger partial charge in [0.15, 0.2) is 0 Å². The van der Waals surface area contributed by atoms with Crippen molar-refractivity contribution < 1.29 is 9.59 Å². The van der Waals surface area contributed by atoms with Gasteiger partial charge in [-0.1, -0.05) is 57.7 Å². The van der Waals surface area contributed by atoms with Gasteiger partial charge in [-0.25, -0.2) is 0 Å². The van der Waals surface area contributed by atoms with E-state index in [0.29, 0.717) is 24.7 Å². The van der Waals surface area contributed by atoms with Crippen molar-refractivity contribution in [2.75, 3.05) is 6.54 Å². The monoisotopic (exact) mass is 409 g/mol. The van der Waals surface area contributed by atoms with Gasteiger partial charge in [0, 0.05) is 23.5 Å². The Morgan fingerprint density at radius 2 is 1.87 bits per heavy atom. The molecule has 0 saturated heterocycles. The molecule has 5 nitrogen and oxygen atoms in total. The van der Waals surface area contributed by atoms with E-state index in [9.17, 15) is 9.59 Å². The molecule has 2 heterocycles. The Kier molecular flexibility index (Phi) is 5.90. The van der Waals surface area contributed by atoms with Crippen LogP contribution >= 0.6 is 0 Å². The molecule has 4 rings (SSSR count). The second kappa shape index (κ2) is 8.44. The Morgan fingerprint density at radius 3 is 2.57 bits per heavy atom. The summed E-state index contributed by atoms with van der Waals surface area (Å²) in [5, 5.41) is 4.39. The number of nitrogens with zero attached hydrogens (tertiary/aromatic N) is 2. The Hall–Kier alpha value is -2.30. The van der Waals surface area contributed by atoms with Crippen LogP contribution in [0.15, 0.2) is 30.3 Å². The average Bonchev–Trinajstić information content (AvgIpc) is 2.88. The predicted molar refractivity (Wildman–Crippen MR) is 120 cm³/mol. The largest absolute Gasteiger partial charge is 0.351 e. The van der Waals surface area contributed by atoms with E-state index in [2.05, 4.69) is 23.7 Å². The van der Waals surface area contributed by atoms with Gasteiger partial charge in [0.2, 0.25) is 5.91 Å². The number of rotatable bonds is 5. The number of para-hydroxylation sites is 1. The second-order valence-electron chi connectivity index (χ2n) is 9.75. The van der Waals surface area contributed by atoms with E-state index in [1.807, 2.05) is 42.2 Å². The third kappa shape index (κ3) is 3.86. The lowest BCUT2D eigenvalue weighted by Crippen LogP contribution is -2.65. The number of fused-ring (bicyclic) bond motifs is 3. The van der Waals surface area contributed by atoms with Crippen molar-refractivity contribution in [3.05, 3.63) is 36.0 Å². The van der Waals surface area contributed by atoms with E-state index in [4.69, 9.17) is 0 Å². The van der Waals surface area contributed by atoms with Crippen LogP contribution in [0, 0.1) is 5.92 Å². The van der Waals surface area contributed by atoms with Crippen molar-refractivity contribution >= 4 is 22.7 Å². The molecule has 1 atom stereocenters. The first-order valence-corrected chi connectivity index (χ1v) is 11.6. The summed E-state index contributed by atoms with van der Waals surface area (Å²) >= 11 is 0. The topological polar surface area (TPSA) is 54.3 Å². The summed E-state index contributed by atoms with van der Waals surface area (Å²) in [6.45, 7) is 7.38. The zero-order valence-electron chi connectivity index (χ0n) is 18.6. The molecule has 1 N–H and O–H groups in total. The molecule has 1 fully saturated rings. The van der Waals surface area contributed by atoms with Crippen molar-refractivity contribution in [2.45, 2.75) is 83.8 Å². The Bertz CT molecular complexity index is 924. The van der Waals surface area contributed by atoms with Crippen LogP contribution in [0.2, 0.25) is 0 Å². The molecular formula is C25H35N3O2. The minimum Gasteiger partial charge on any atom is -0.351 e. The Balaban J connectivity index is 1.68. The van der Waals surface area contributed by atoms with Crippen LogP contribution in [0.4, 0.5) is 0 Å². The third-order valence-electron chi connectivity index (χ3n) is 6.95. The van der Waals surface area contributed by atoms with Gasteiger partial charge in [0.1, 0.15) is 11.2 Å². The van der Waals surface area contributed by atoms with Crippen LogP contribution in [-0.2, 0) is 11.3 Å². The van der Waals surface area contributed by atoms with E-state index >= 15 is 0 Å². The SMILES string of the molecule is CC(C)CCN1C(=O)c2cc3ccccc3n2C[C@]1(C)C(=O)NC1CCCCCC1. The minimum atomic E-state index is -0.882. The summed E-state index contributed by atoms with van der Waals surface area (Å²) in [5.74, 6) is 0.436. The van der Waals surface area contributed by atoms with E-state index in [-0.39, 0.29) is 17.9 Å². The molecule has 1 aliphatic carbocycles. The van der Waals surface area contributed by atoms with Crippen LogP contribution < -0.4 is 5.32 Å². The molecule has 162 valence electrons. The van der Waals surface area contributed by atoms with Crippen LogP contribution in [0.25, 0.3) is 10.9 Å². The number of benzene rings is 1. The molecule has 0 bridgehead atoms. The highest BCUT2D eigenvalue weighted by Crippen LogP contribution is 2.33. The maximum absolute atomic E-state index is 13.7. The number of nitrogens with one attached hydrogen (secondary N) is 1. The summed E-state index contributed by atoms with van der Waals surface area (Å²) in [6.07, 6.45) is 7.81. The molecule has 0 unspecified atom stereocenters. The molecule has 1 aromatic heterocycles. The van der Waals surface area contributed by atoms with Gasteiger partial charge in [-0.3, -0.25) is 9.59 Å². The molecule has 5 heteroatoms. The Labute approximate surface area is 179 Å². The predicted octanol–water partition coefficient (Wildman–Crippen LogP) is 4.74. The molecule has 2 aliphatic rings. The number of carbonyl (C=O) groups excluding carboxylic acids is 2. The zero-order valence-corrected chi connectivity index (χ0v) is 18.6. The van der Waals surface area contributed by atoms with Crippen LogP contribution in [-0.4, -0.2) is 39.4 Å². The first-order chi connectivity index (χ1) is 14.4. The van der Waals surface area contributed by atoms with E-state index < -0.39 is 5.54 Å². The lowest BCUT2D eigenvalue weighted by molar-refractivity contribution is -0.133. The molecule has 0 radical (unpaired) electrons. The van der Waals surface area contributed by atoms with Gasteiger partial charge in [0.05, 0.1) is 6.54 Å². The molecule has 1 saturated carbocycles. The fraction of sp³-hybridized carbons (Fsp3) is 0.600. The maximum atomic E-state index is 13.7. The van der Waals surface area contributed by atoms with Crippen LogP contribution in [0.3, 0.4) is 0 Å². The quantitative estimate of drug-likeness (QED) is 0.725. The smallest absolute Gasteiger partial charge is 0.271 e. The first kappa shape index (κ1) is 21.0. The molecule has 1 aromatic carbocycles. The third-order valence-corrected chi connectivity index (χ3v) is 6.95.